The molecule has 4 nitrogen and oxygen atoms in total. The number of nitriles is 2. The minimum absolute atomic E-state index is 0.129. The zero-order valence-corrected chi connectivity index (χ0v) is 24.9. The van der Waals surface area contributed by atoms with Crippen molar-refractivity contribution in [2.45, 2.75) is 11.8 Å². The first-order valence-electron chi connectivity index (χ1n) is 15.2. The van der Waals surface area contributed by atoms with E-state index in [0.717, 1.165) is 66.7 Å². The molecule has 0 fully saturated rings. The Labute approximate surface area is 267 Å². The van der Waals surface area contributed by atoms with E-state index < -0.39 is 0 Å². The van der Waals surface area contributed by atoms with Crippen molar-refractivity contribution in [1.29, 1.82) is 10.5 Å². The van der Waals surface area contributed by atoms with Gasteiger partial charge in [-0.3, -0.25) is 0 Å². The molecule has 0 spiro atoms. The minimum Gasteiger partial charge on any atom is -0.228 e. The summed E-state index contributed by atoms with van der Waals surface area (Å²) in [4.78, 5) is 10.4. The molecule has 214 valence electrons. The molecule has 0 radical (unpaired) electrons. The Hall–Kier alpha value is -6.36. The molecule has 1 heterocycles. The molecule has 46 heavy (non-hydrogen) atoms. The van der Waals surface area contributed by atoms with Crippen LogP contribution in [0.15, 0.2) is 146 Å². The average Bonchev–Trinajstić information content (AvgIpc) is 3.23. The van der Waals surface area contributed by atoms with Crippen molar-refractivity contribution in [2.75, 3.05) is 0 Å². The largest absolute Gasteiger partial charge is 0.228 e. The van der Waals surface area contributed by atoms with Crippen molar-refractivity contribution in [1.82, 2.24) is 9.97 Å². The lowest BCUT2D eigenvalue weighted by molar-refractivity contribution is 0.840. The molecule has 2 aliphatic carbocycles. The molecule has 8 rings (SSSR count). The molecule has 0 aliphatic heterocycles. The first kappa shape index (κ1) is 27.2. The SMILES string of the molecule is C=C1/C=C\C=C/C2c3ccc(C#N)cc3C1c1cc(C#N)cc(-c3nc(-c4ccc(-c5ccccc5)cc4)c4ccccc4n3)c12. The smallest absolute Gasteiger partial charge is 0.160 e. The van der Waals surface area contributed by atoms with E-state index in [-0.39, 0.29) is 11.8 Å². The van der Waals surface area contributed by atoms with Gasteiger partial charge in [-0.25, -0.2) is 9.97 Å². The molecule has 1 aromatic heterocycles. The Morgan fingerprint density at radius 3 is 2.15 bits per heavy atom. The lowest BCUT2D eigenvalue weighted by Gasteiger charge is -2.35. The van der Waals surface area contributed by atoms with E-state index in [2.05, 4.69) is 79.4 Å². The van der Waals surface area contributed by atoms with Gasteiger partial charge in [-0.05, 0) is 69.3 Å². The van der Waals surface area contributed by atoms with Gasteiger partial charge in [-0.15, -0.1) is 0 Å². The Bertz CT molecular complexity index is 2350. The highest BCUT2D eigenvalue weighted by Gasteiger charge is 2.36. The van der Waals surface area contributed by atoms with Crippen LogP contribution in [0.5, 0.6) is 0 Å². The van der Waals surface area contributed by atoms with Crippen molar-refractivity contribution in [3.8, 4) is 45.9 Å². The Morgan fingerprint density at radius 1 is 0.630 bits per heavy atom. The summed E-state index contributed by atoms with van der Waals surface area (Å²) in [5, 5.41) is 21.0. The normalized spacial score (nSPS) is 17.5. The van der Waals surface area contributed by atoms with E-state index in [1.54, 1.807) is 0 Å². The molecule has 0 saturated heterocycles. The van der Waals surface area contributed by atoms with Crippen LogP contribution in [0.1, 0.15) is 45.2 Å². The van der Waals surface area contributed by atoms with Gasteiger partial charge in [0, 0.05) is 28.3 Å². The summed E-state index contributed by atoms with van der Waals surface area (Å²) in [6.45, 7) is 4.45. The third-order valence-electron chi connectivity index (χ3n) is 9.03. The fraction of sp³-hybridized carbons (Fsp3) is 0.0476. The first-order valence-corrected chi connectivity index (χ1v) is 15.2. The molecule has 0 N–H and O–H groups in total. The molecule has 2 bridgehead atoms. The van der Waals surface area contributed by atoms with Crippen LogP contribution in [0.4, 0.5) is 0 Å². The lowest BCUT2D eigenvalue weighted by Crippen LogP contribution is -2.20. The Balaban J connectivity index is 1.38. The van der Waals surface area contributed by atoms with E-state index in [9.17, 15) is 10.5 Å². The highest BCUT2D eigenvalue weighted by Crippen LogP contribution is 2.51. The summed E-state index contributed by atoms with van der Waals surface area (Å²) in [6, 6.07) is 41.4. The highest BCUT2D eigenvalue weighted by molar-refractivity contribution is 5.94. The number of para-hydroxylation sites is 1. The number of benzene rings is 5. The van der Waals surface area contributed by atoms with E-state index in [0.29, 0.717) is 17.0 Å². The fourth-order valence-electron chi connectivity index (χ4n) is 6.93. The molecule has 2 aliphatic rings. The van der Waals surface area contributed by atoms with E-state index in [1.165, 1.54) is 0 Å². The van der Waals surface area contributed by atoms with Gasteiger partial charge in [0.25, 0.3) is 0 Å². The maximum absolute atomic E-state index is 10.2. The molecule has 0 amide bonds. The topological polar surface area (TPSA) is 73.4 Å². The zero-order chi connectivity index (χ0) is 31.2. The lowest BCUT2D eigenvalue weighted by atomic mass is 9.68. The Morgan fingerprint density at radius 2 is 1.35 bits per heavy atom. The molecule has 2 atom stereocenters. The summed E-state index contributed by atoms with van der Waals surface area (Å²) in [5.74, 6) is 0.223. The van der Waals surface area contributed by atoms with Crippen molar-refractivity contribution >= 4 is 10.9 Å². The maximum atomic E-state index is 10.2. The van der Waals surface area contributed by atoms with E-state index >= 15 is 0 Å². The van der Waals surface area contributed by atoms with Crippen LogP contribution in [0.2, 0.25) is 0 Å². The Kier molecular flexibility index (Phi) is 6.49. The van der Waals surface area contributed by atoms with Crippen molar-refractivity contribution in [3.05, 3.63) is 179 Å². The van der Waals surface area contributed by atoms with Gasteiger partial charge in [-0.2, -0.15) is 10.5 Å². The quantitative estimate of drug-likeness (QED) is 0.207. The van der Waals surface area contributed by atoms with Gasteiger partial charge in [0.15, 0.2) is 5.82 Å². The number of fused-ring (bicyclic) bond motifs is 4. The van der Waals surface area contributed by atoms with Crippen molar-refractivity contribution < 1.29 is 0 Å². The van der Waals surface area contributed by atoms with Gasteiger partial charge in [0.1, 0.15) is 0 Å². The average molecular weight is 587 g/mol. The van der Waals surface area contributed by atoms with E-state index in [1.807, 2.05) is 72.8 Å². The van der Waals surface area contributed by atoms with Gasteiger partial charge in [0.2, 0.25) is 0 Å². The number of nitrogens with zero attached hydrogens (tertiary/aromatic N) is 4. The molecule has 0 saturated carbocycles. The first-order chi connectivity index (χ1) is 22.6. The molecule has 6 aromatic rings. The summed E-state index contributed by atoms with van der Waals surface area (Å²) in [7, 11) is 0. The highest BCUT2D eigenvalue weighted by atomic mass is 14.9. The number of hydrogen-bond donors (Lipinski definition) is 0. The van der Waals surface area contributed by atoms with Gasteiger partial charge < -0.3 is 0 Å². The minimum atomic E-state index is -0.219. The van der Waals surface area contributed by atoms with Crippen LogP contribution in [0.25, 0.3) is 44.7 Å². The molecular weight excluding hydrogens is 560 g/mol. The van der Waals surface area contributed by atoms with Crippen LogP contribution in [0.3, 0.4) is 0 Å². The van der Waals surface area contributed by atoms with Crippen molar-refractivity contribution in [3.63, 3.8) is 0 Å². The van der Waals surface area contributed by atoms with Gasteiger partial charge in [0.05, 0.1) is 34.5 Å². The second-order valence-electron chi connectivity index (χ2n) is 11.7. The number of rotatable bonds is 3. The number of hydrogen-bond acceptors (Lipinski definition) is 4. The summed E-state index contributed by atoms with van der Waals surface area (Å²) >= 11 is 0. The second-order valence-corrected chi connectivity index (χ2v) is 11.7. The van der Waals surface area contributed by atoms with Crippen LogP contribution in [-0.2, 0) is 0 Å². The predicted octanol–water partition coefficient (Wildman–Crippen LogP) is 9.63. The predicted molar refractivity (Wildman–Crippen MR) is 183 cm³/mol. The monoisotopic (exact) mass is 586 g/mol. The summed E-state index contributed by atoms with van der Waals surface area (Å²) < 4.78 is 0. The second kappa shape index (κ2) is 11.0. The van der Waals surface area contributed by atoms with Crippen molar-refractivity contribution in [2.24, 2.45) is 0 Å². The standard InChI is InChI=1S/C42H26N4/c1-26-9-5-6-12-33-32-20-15-27(24-43)21-35(32)39(26)36-22-28(25-44)23-37(40(33)36)42-45-38-14-8-7-13-34(38)41(46-42)31-18-16-30(17-19-31)29-10-3-2-4-11-29/h2-23,33,39H,1H2/b9-5-,12-6-. The van der Waals surface area contributed by atoms with Crippen LogP contribution < -0.4 is 0 Å². The van der Waals surface area contributed by atoms with Gasteiger partial charge >= 0.3 is 0 Å². The molecule has 2 unspecified atom stereocenters. The van der Waals surface area contributed by atoms with Crippen LogP contribution in [0, 0.1) is 22.7 Å². The molecule has 4 heteroatoms. The molecular formula is C42H26N4. The fourth-order valence-corrected chi connectivity index (χ4v) is 6.93. The summed E-state index contributed by atoms with van der Waals surface area (Å²) in [6.07, 6.45) is 8.26. The number of allylic oxidation sites excluding steroid dienone is 5. The molecule has 5 aromatic carbocycles. The number of aromatic nitrogens is 2. The summed E-state index contributed by atoms with van der Waals surface area (Å²) in [5.41, 5.74) is 12.0. The van der Waals surface area contributed by atoms with Crippen LogP contribution >= 0.6 is 0 Å². The maximum Gasteiger partial charge on any atom is 0.160 e. The van der Waals surface area contributed by atoms with Crippen LogP contribution in [-0.4, -0.2) is 9.97 Å². The third kappa shape index (κ3) is 4.44. The van der Waals surface area contributed by atoms with E-state index in [4.69, 9.17) is 9.97 Å². The third-order valence-corrected chi connectivity index (χ3v) is 9.03. The zero-order valence-electron chi connectivity index (χ0n) is 24.9. The van der Waals surface area contributed by atoms with Gasteiger partial charge in [-0.1, -0.05) is 110 Å².